The normalized spacial score (nSPS) is 53.7. The lowest BCUT2D eigenvalue weighted by atomic mass is 9.85. The summed E-state index contributed by atoms with van der Waals surface area (Å²) in [6.45, 7) is 7.24. The first-order valence-electron chi connectivity index (χ1n) is 4.73. The molecule has 0 radical (unpaired) electrons. The van der Waals surface area contributed by atoms with E-state index < -0.39 is 0 Å². The largest absolute Gasteiger partial charge is 0.312 e. The van der Waals surface area contributed by atoms with Gasteiger partial charge in [-0.3, -0.25) is 4.90 Å². The number of likely N-dealkylation sites (tertiary alicyclic amines) is 1. The summed E-state index contributed by atoms with van der Waals surface area (Å²) in [6, 6.07) is 2.56. The first-order valence-corrected chi connectivity index (χ1v) is 4.73. The maximum atomic E-state index is 3.59. The van der Waals surface area contributed by atoms with Crippen molar-refractivity contribution in [1.29, 1.82) is 0 Å². The van der Waals surface area contributed by atoms with Crippen LogP contribution in [0.15, 0.2) is 0 Å². The highest BCUT2D eigenvalue weighted by atomic mass is 15.4. The van der Waals surface area contributed by atoms with Gasteiger partial charge in [-0.25, -0.2) is 0 Å². The monoisotopic (exact) mass is 152 g/mol. The average Bonchev–Trinajstić information content (AvgIpc) is 2.54. The molecule has 2 heteroatoms. The van der Waals surface area contributed by atoms with E-state index in [1.54, 1.807) is 0 Å². The molecule has 11 heavy (non-hydrogen) atoms. The molecule has 3 aliphatic rings. The summed E-state index contributed by atoms with van der Waals surface area (Å²) in [5, 5.41) is 3.59. The summed E-state index contributed by atoms with van der Waals surface area (Å²) in [4.78, 5) is 2.64. The smallest absolute Gasteiger partial charge is 0.0307 e. The van der Waals surface area contributed by atoms with Gasteiger partial charge in [0.15, 0.2) is 0 Å². The Balaban J connectivity index is 1.79. The summed E-state index contributed by atoms with van der Waals surface area (Å²) in [5.41, 5.74) is 0.768. The van der Waals surface area contributed by atoms with Crippen LogP contribution in [0.1, 0.15) is 20.3 Å². The van der Waals surface area contributed by atoms with E-state index in [9.17, 15) is 0 Å². The first kappa shape index (κ1) is 6.44. The fourth-order valence-corrected chi connectivity index (χ4v) is 3.03. The number of rotatable bonds is 1. The highest BCUT2D eigenvalue weighted by molar-refractivity contribution is 5.27. The van der Waals surface area contributed by atoms with Gasteiger partial charge in [0.25, 0.3) is 0 Å². The lowest BCUT2D eigenvalue weighted by Gasteiger charge is -2.49. The van der Waals surface area contributed by atoms with Crippen molar-refractivity contribution in [2.45, 2.75) is 38.4 Å². The van der Waals surface area contributed by atoms with Crippen LogP contribution in [0.3, 0.4) is 0 Å². The van der Waals surface area contributed by atoms with Gasteiger partial charge in [0.05, 0.1) is 0 Å². The summed E-state index contributed by atoms with van der Waals surface area (Å²) in [7, 11) is 0. The molecule has 0 bridgehead atoms. The van der Waals surface area contributed by atoms with Crippen LogP contribution < -0.4 is 5.32 Å². The number of nitrogens with zero attached hydrogens (tertiary/aromatic N) is 1. The quantitative estimate of drug-likeness (QED) is 0.586. The fraction of sp³-hybridized carbons (Fsp3) is 1.00. The van der Waals surface area contributed by atoms with E-state index in [1.807, 2.05) is 0 Å². The second-order valence-corrected chi connectivity index (χ2v) is 4.68. The minimum atomic E-state index is 0.756. The Labute approximate surface area is 68.0 Å². The summed E-state index contributed by atoms with van der Waals surface area (Å²) < 4.78 is 0. The van der Waals surface area contributed by atoms with Crippen LogP contribution in [0, 0.1) is 5.41 Å². The Morgan fingerprint density at radius 1 is 1.55 bits per heavy atom. The Morgan fingerprint density at radius 2 is 2.36 bits per heavy atom. The maximum Gasteiger partial charge on any atom is 0.0307 e. The second kappa shape index (κ2) is 1.64. The number of piperidine rings is 1. The number of nitrogens with one attached hydrogen (secondary N) is 1. The maximum absolute atomic E-state index is 3.59. The molecule has 1 spiro atoms. The number of hydrogen-bond donors (Lipinski definition) is 1. The van der Waals surface area contributed by atoms with Crippen molar-refractivity contribution >= 4 is 0 Å². The molecule has 1 aliphatic carbocycles. The van der Waals surface area contributed by atoms with Crippen molar-refractivity contribution in [3.63, 3.8) is 0 Å². The van der Waals surface area contributed by atoms with Gasteiger partial charge in [-0.05, 0) is 20.3 Å². The zero-order chi connectivity index (χ0) is 7.64. The average molecular weight is 152 g/mol. The van der Waals surface area contributed by atoms with Crippen LogP contribution >= 0.6 is 0 Å². The molecular weight excluding hydrogens is 136 g/mol. The highest BCUT2D eigenvalue weighted by Crippen LogP contribution is 2.61. The SMILES string of the molecule is CC(C)N1CC23C[C@@H]2NC[C@@H]13. The van der Waals surface area contributed by atoms with E-state index in [1.165, 1.54) is 19.5 Å². The van der Waals surface area contributed by atoms with Gasteiger partial charge in [-0.2, -0.15) is 0 Å². The van der Waals surface area contributed by atoms with E-state index in [4.69, 9.17) is 0 Å². The molecule has 3 fully saturated rings. The molecule has 2 aliphatic heterocycles. The summed E-state index contributed by atoms with van der Waals surface area (Å²) in [6.07, 6.45) is 1.46. The summed E-state index contributed by atoms with van der Waals surface area (Å²) >= 11 is 0. The zero-order valence-electron chi connectivity index (χ0n) is 7.30. The Hall–Kier alpha value is -0.0800. The van der Waals surface area contributed by atoms with Gasteiger partial charge in [0.2, 0.25) is 0 Å². The zero-order valence-corrected chi connectivity index (χ0v) is 7.30. The molecular formula is C9H16N2. The third-order valence-corrected chi connectivity index (χ3v) is 3.88. The van der Waals surface area contributed by atoms with Crippen LogP contribution in [-0.4, -0.2) is 36.1 Å². The van der Waals surface area contributed by atoms with Crippen LogP contribution in [0.4, 0.5) is 0 Å². The van der Waals surface area contributed by atoms with Gasteiger partial charge in [-0.15, -0.1) is 0 Å². The Bertz CT molecular complexity index is 200. The van der Waals surface area contributed by atoms with Gasteiger partial charge in [-0.1, -0.05) is 0 Å². The molecule has 0 aromatic heterocycles. The van der Waals surface area contributed by atoms with Gasteiger partial charge in [0, 0.05) is 36.6 Å². The molecule has 1 unspecified atom stereocenters. The van der Waals surface area contributed by atoms with E-state index in [2.05, 4.69) is 24.1 Å². The lowest BCUT2D eigenvalue weighted by Crippen LogP contribution is -2.60. The van der Waals surface area contributed by atoms with Crippen molar-refractivity contribution in [2.75, 3.05) is 13.1 Å². The molecule has 3 atom stereocenters. The molecule has 1 saturated carbocycles. The van der Waals surface area contributed by atoms with Crippen LogP contribution in [0.5, 0.6) is 0 Å². The predicted molar refractivity (Wildman–Crippen MR) is 44.5 cm³/mol. The van der Waals surface area contributed by atoms with E-state index in [0.717, 1.165) is 23.5 Å². The van der Waals surface area contributed by atoms with Crippen molar-refractivity contribution < 1.29 is 0 Å². The van der Waals surface area contributed by atoms with Crippen LogP contribution in [0.25, 0.3) is 0 Å². The third kappa shape index (κ3) is 0.574. The molecule has 62 valence electrons. The highest BCUT2D eigenvalue weighted by Gasteiger charge is 2.71. The minimum absolute atomic E-state index is 0.756. The molecule has 0 aromatic rings. The van der Waals surface area contributed by atoms with Gasteiger partial charge < -0.3 is 5.32 Å². The fourth-order valence-electron chi connectivity index (χ4n) is 3.03. The van der Waals surface area contributed by atoms with E-state index >= 15 is 0 Å². The van der Waals surface area contributed by atoms with Crippen LogP contribution in [0.2, 0.25) is 0 Å². The summed E-state index contributed by atoms with van der Waals surface area (Å²) in [5.74, 6) is 0. The second-order valence-electron chi connectivity index (χ2n) is 4.68. The molecule has 2 heterocycles. The topological polar surface area (TPSA) is 15.3 Å². The minimum Gasteiger partial charge on any atom is -0.312 e. The molecule has 0 amide bonds. The molecule has 3 rings (SSSR count). The lowest BCUT2D eigenvalue weighted by molar-refractivity contribution is -0.0101. The molecule has 0 aromatic carbocycles. The number of hydrogen-bond acceptors (Lipinski definition) is 2. The Morgan fingerprint density at radius 3 is 2.91 bits per heavy atom. The van der Waals surface area contributed by atoms with Crippen molar-refractivity contribution in [2.24, 2.45) is 5.41 Å². The first-order chi connectivity index (χ1) is 5.24. The third-order valence-electron chi connectivity index (χ3n) is 3.88. The standard InChI is InChI=1S/C9H16N2/c1-6(2)11-5-9-3-7(9)10-4-8(9)11/h6-8,10H,3-5H2,1-2H3/t7-,8+,9?/m0/s1. The van der Waals surface area contributed by atoms with Gasteiger partial charge in [0.1, 0.15) is 0 Å². The molecule has 1 N–H and O–H groups in total. The predicted octanol–water partition coefficient (Wildman–Crippen LogP) is 0.441. The van der Waals surface area contributed by atoms with E-state index in [-0.39, 0.29) is 0 Å². The molecule has 2 saturated heterocycles. The van der Waals surface area contributed by atoms with Crippen molar-refractivity contribution in [1.82, 2.24) is 10.2 Å². The Kier molecular flexibility index (Phi) is 0.961. The van der Waals surface area contributed by atoms with Crippen LogP contribution in [-0.2, 0) is 0 Å². The molecule has 2 nitrogen and oxygen atoms in total. The van der Waals surface area contributed by atoms with Gasteiger partial charge >= 0.3 is 0 Å². The van der Waals surface area contributed by atoms with Crippen molar-refractivity contribution in [3.8, 4) is 0 Å². The van der Waals surface area contributed by atoms with Crippen molar-refractivity contribution in [3.05, 3.63) is 0 Å². The van der Waals surface area contributed by atoms with E-state index in [0.29, 0.717) is 0 Å².